The second kappa shape index (κ2) is 7.89. The van der Waals surface area contributed by atoms with Gasteiger partial charge >= 0.3 is 0 Å². The third kappa shape index (κ3) is 4.70. The predicted molar refractivity (Wildman–Crippen MR) is 101 cm³/mol. The van der Waals surface area contributed by atoms with Crippen molar-refractivity contribution in [1.29, 1.82) is 0 Å². The van der Waals surface area contributed by atoms with Crippen LogP contribution in [0.1, 0.15) is 53.2 Å². The standard InChI is InChI=1S/C18H30N2O6S/c1-12(21)17(2,3)14-10-15(26-20-14)19-16(22)18(4,5)27(23,24)9-7-13-6-8-25-11-13/h10,12-13,21H,6-9,11H2,1-5H3,(H,19,22)/t12-,13-/m0/s1. The van der Waals surface area contributed by atoms with Gasteiger partial charge in [0.25, 0.3) is 0 Å². The highest BCUT2D eigenvalue weighted by atomic mass is 32.2. The Balaban J connectivity index is 2.06. The molecule has 2 rings (SSSR count). The second-order valence-electron chi connectivity index (χ2n) is 8.28. The number of rotatable bonds is 8. The van der Waals surface area contributed by atoms with Crippen LogP contribution in [0.15, 0.2) is 10.6 Å². The number of hydrogen-bond acceptors (Lipinski definition) is 7. The van der Waals surface area contributed by atoms with Crippen LogP contribution < -0.4 is 5.32 Å². The maximum Gasteiger partial charge on any atom is 0.247 e. The highest BCUT2D eigenvalue weighted by Crippen LogP contribution is 2.29. The lowest BCUT2D eigenvalue weighted by Crippen LogP contribution is -2.45. The van der Waals surface area contributed by atoms with E-state index in [0.717, 1.165) is 6.42 Å². The Labute approximate surface area is 160 Å². The molecule has 1 saturated heterocycles. The van der Waals surface area contributed by atoms with E-state index in [9.17, 15) is 18.3 Å². The Morgan fingerprint density at radius 3 is 2.63 bits per heavy atom. The van der Waals surface area contributed by atoms with Crippen molar-refractivity contribution in [2.45, 2.75) is 63.7 Å². The topological polar surface area (TPSA) is 119 Å². The van der Waals surface area contributed by atoms with Gasteiger partial charge < -0.3 is 14.4 Å². The van der Waals surface area contributed by atoms with Crippen molar-refractivity contribution < 1.29 is 27.6 Å². The molecule has 1 aromatic rings. The number of hydrogen-bond donors (Lipinski definition) is 2. The van der Waals surface area contributed by atoms with Crippen LogP contribution in [0.2, 0.25) is 0 Å². The first-order valence-electron chi connectivity index (χ1n) is 9.14. The minimum atomic E-state index is -3.67. The fraction of sp³-hybridized carbons (Fsp3) is 0.778. The molecule has 0 aliphatic carbocycles. The number of carbonyl (C=O) groups is 1. The van der Waals surface area contributed by atoms with Gasteiger partial charge in [0.15, 0.2) is 9.84 Å². The van der Waals surface area contributed by atoms with E-state index in [1.807, 2.05) is 0 Å². The van der Waals surface area contributed by atoms with Crippen molar-refractivity contribution in [3.8, 4) is 0 Å². The Hall–Kier alpha value is -1.45. The summed E-state index contributed by atoms with van der Waals surface area (Å²) in [6.07, 6.45) is 0.651. The summed E-state index contributed by atoms with van der Waals surface area (Å²) < 4.78 is 34.2. The molecular weight excluding hydrogens is 372 g/mol. The molecule has 0 spiro atoms. The molecule has 1 amide bonds. The molecule has 1 fully saturated rings. The Bertz CT molecular complexity index is 761. The van der Waals surface area contributed by atoms with E-state index in [1.165, 1.54) is 19.9 Å². The molecule has 0 bridgehead atoms. The van der Waals surface area contributed by atoms with Gasteiger partial charge in [0.05, 0.1) is 17.6 Å². The number of sulfone groups is 1. The smallest absolute Gasteiger partial charge is 0.247 e. The van der Waals surface area contributed by atoms with Crippen molar-refractivity contribution in [3.63, 3.8) is 0 Å². The zero-order valence-electron chi connectivity index (χ0n) is 16.6. The molecular formula is C18H30N2O6S. The summed E-state index contributed by atoms with van der Waals surface area (Å²) in [5.41, 5.74) is -0.202. The fourth-order valence-corrected chi connectivity index (χ4v) is 4.13. The summed E-state index contributed by atoms with van der Waals surface area (Å²) in [5, 5.41) is 16.2. The Morgan fingerprint density at radius 2 is 2.07 bits per heavy atom. The van der Waals surface area contributed by atoms with E-state index in [4.69, 9.17) is 9.26 Å². The van der Waals surface area contributed by atoms with Gasteiger partial charge in [0.1, 0.15) is 4.75 Å². The molecule has 1 aromatic heterocycles. The first kappa shape index (κ1) is 21.8. The first-order chi connectivity index (χ1) is 12.4. The van der Waals surface area contributed by atoms with Gasteiger partial charge in [-0.15, -0.1) is 0 Å². The molecule has 0 radical (unpaired) electrons. The van der Waals surface area contributed by atoms with Gasteiger partial charge in [0.2, 0.25) is 11.8 Å². The summed E-state index contributed by atoms with van der Waals surface area (Å²) in [6.45, 7) is 9.23. The number of aromatic nitrogens is 1. The zero-order valence-corrected chi connectivity index (χ0v) is 17.4. The van der Waals surface area contributed by atoms with Crippen LogP contribution in [0.25, 0.3) is 0 Å². The maximum absolute atomic E-state index is 12.7. The van der Waals surface area contributed by atoms with Gasteiger partial charge in [0, 0.05) is 24.7 Å². The lowest BCUT2D eigenvalue weighted by Gasteiger charge is -2.25. The molecule has 2 atom stereocenters. The molecule has 0 saturated carbocycles. The molecule has 9 heteroatoms. The van der Waals surface area contributed by atoms with Gasteiger partial charge in [-0.05, 0) is 39.5 Å². The average molecular weight is 403 g/mol. The number of nitrogens with zero attached hydrogens (tertiary/aromatic N) is 1. The SMILES string of the molecule is C[C@H](O)C(C)(C)c1cc(NC(=O)C(C)(C)S(=O)(=O)CC[C@@H]2CCOC2)on1. The molecule has 0 aromatic carbocycles. The lowest BCUT2D eigenvalue weighted by molar-refractivity contribution is -0.118. The molecule has 2 N–H and O–H groups in total. The minimum Gasteiger partial charge on any atom is -0.392 e. The van der Waals surface area contributed by atoms with E-state index in [2.05, 4.69) is 10.5 Å². The van der Waals surface area contributed by atoms with Crippen LogP contribution in [0.5, 0.6) is 0 Å². The quantitative estimate of drug-likeness (QED) is 0.681. The maximum atomic E-state index is 12.7. The monoisotopic (exact) mass is 402 g/mol. The fourth-order valence-electron chi connectivity index (χ4n) is 2.64. The van der Waals surface area contributed by atoms with Gasteiger partial charge in [-0.2, -0.15) is 0 Å². The number of nitrogens with one attached hydrogen (secondary N) is 1. The summed E-state index contributed by atoms with van der Waals surface area (Å²) in [7, 11) is -3.67. The Morgan fingerprint density at radius 1 is 1.41 bits per heavy atom. The van der Waals surface area contributed by atoms with Crippen molar-refractivity contribution >= 4 is 21.6 Å². The third-order valence-corrected chi connectivity index (χ3v) is 8.11. The van der Waals surface area contributed by atoms with Gasteiger partial charge in [-0.1, -0.05) is 19.0 Å². The molecule has 0 unspecified atom stereocenters. The minimum absolute atomic E-state index is 0.0520. The van der Waals surface area contributed by atoms with Crippen molar-refractivity contribution in [2.75, 3.05) is 24.3 Å². The van der Waals surface area contributed by atoms with Crippen LogP contribution in [0.3, 0.4) is 0 Å². The van der Waals surface area contributed by atoms with Crippen molar-refractivity contribution in [1.82, 2.24) is 5.16 Å². The van der Waals surface area contributed by atoms with Crippen molar-refractivity contribution in [3.05, 3.63) is 11.8 Å². The largest absolute Gasteiger partial charge is 0.392 e. The molecule has 1 aliphatic rings. The zero-order chi connectivity index (χ0) is 20.5. The van der Waals surface area contributed by atoms with Crippen LogP contribution in [-0.2, 0) is 24.8 Å². The normalized spacial score (nSPS) is 19.9. The van der Waals surface area contributed by atoms with E-state index in [0.29, 0.717) is 25.3 Å². The molecule has 1 aliphatic heterocycles. The molecule has 154 valence electrons. The number of amides is 1. The summed E-state index contributed by atoms with van der Waals surface area (Å²) in [6, 6.07) is 1.50. The number of aliphatic hydroxyl groups is 1. The highest BCUT2D eigenvalue weighted by Gasteiger charge is 2.42. The van der Waals surface area contributed by atoms with Gasteiger partial charge in [-0.25, -0.2) is 8.42 Å². The summed E-state index contributed by atoms with van der Waals surface area (Å²) >= 11 is 0. The number of carbonyl (C=O) groups excluding carboxylic acids is 1. The predicted octanol–water partition coefficient (Wildman–Crippen LogP) is 1.89. The van der Waals surface area contributed by atoms with Crippen LogP contribution >= 0.6 is 0 Å². The van der Waals surface area contributed by atoms with E-state index < -0.39 is 32.0 Å². The van der Waals surface area contributed by atoms with E-state index in [1.54, 1.807) is 20.8 Å². The van der Waals surface area contributed by atoms with Crippen LogP contribution in [0.4, 0.5) is 5.88 Å². The summed E-state index contributed by atoms with van der Waals surface area (Å²) in [4.78, 5) is 12.6. The number of anilines is 1. The third-order valence-electron chi connectivity index (χ3n) is 5.59. The van der Waals surface area contributed by atoms with Gasteiger partial charge in [-0.3, -0.25) is 10.1 Å². The lowest BCUT2D eigenvalue weighted by atomic mass is 9.84. The number of aliphatic hydroxyl groups excluding tert-OH is 1. The molecule has 8 nitrogen and oxygen atoms in total. The Kier molecular flexibility index (Phi) is 6.38. The van der Waals surface area contributed by atoms with Crippen molar-refractivity contribution in [2.24, 2.45) is 5.92 Å². The number of ether oxygens (including phenoxy) is 1. The van der Waals surface area contributed by atoms with E-state index in [-0.39, 0.29) is 17.6 Å². The highest BCUT2D eigenvalue weighted by molar-refractivity contribution is 7.93. The van der Waals surface area contributed by atoms with Crippen LogP contribution in [0, 0.1) is 5.92 Å². The van der Waals surface area contributed by atoms with Crippen LogP contribution in [-0.4, -0.2) is 54.4 Å². The molecule has 2 heterocycles. The van der Waals surface area contributed by atoms with E-state index >= 15 is 0 Å². The molecule has 27 heavy (non-hydrogen) atoms. The first-order valence-corrected chi connectivity index (χ1v) is 10.8. The summed E-state index contributed by atoms with van der Waals surface area (Å²) in [5.74, 6) is -0.477. The average Bonchev–Trinajstić information content (AvgIpc) is 3.24. The second-order valence-corrected chi connectivity index (χ2v) is 10.9.